The lowest BCUT2D eigenvalue weighted by atomic mass is 10.3. The van der Waals surface area contributed by atoms with E-state index in [4.69, 9.17) is 4.74 Å². The van der Waals surface area contributed by atoms with Gasteiger partial charge in [-0.05, 0) is 23.8 Å². The molecule has 3 rings (SSSR count). The summed E-state index contributed by atoms with van der Waals surface area (Å²) in [5.41, 5.74) is 2.32. The Bertz CT molecular complexity index is 543. The van der Waals surface area contributed by atoms with Crippen molar-refractivity contribution in [2.45, 2.75) is 6.54 Å². The van der Waals surface area contributed by atoms with Crippen molar-refractivity contribution < 1.29 is 4.74 Å². The summed E-state index contributed by atoms with van der Waals surface area (Å²) in [6.07, 6.45) is 6.06. The van der Waals surface area contributed by atoms with E-state index in [1.165, 1.54) is 5.56 Å². The third-order valence-electron chi connectivity index (χ3n) is 3.47. The number of rotatable bonds is 4. The maximum Gasteiger partial charge on any atom is 0.128 e. The van der Waals surface area contributed by atoms with Crippen LogP contribution >= 0.6 is 0 Å². The molecule has 0 aliphatic carbocycles. The van der Waals surface area contributed by atoms with Gasteiger partial charge in [-0.3, -0.25) is 0 Å². The molecular weight excluding hydrogens is 252 g/mol. The Morgan fingerprint density at radius 3 is 2.75 bits per heavy atom. The van der Waals surface area contributed by atoms with Crippen molar-refractivity contribution in [3.05, 3.63) is 42.4 Å². The summed E-state index contributed by atoms with van der Waals surface area (Å²) in [5, 5.41) is 3.39. The lowest BCUT2D eigenvalue weighted by Crippen LogP contribution is -2.36. The number of morpholine rings is 1. The predicted molar refractivity (Wildman–Crippen MR) is 80.0 cm³/mol. The molecule has 1 saturated heterocycles. The molecule has 0 radical (unpaired) electrons. The van der Waals surface area contributed by atoms with Crippen LogP contribution in [0.2, 0.25) is 0 Å². The Hall–Kier alpha value is -2.01. The molecule has 3 heterocycles. The van der Waals surface area contributed by atoms with Gasteiger partial charge in [-0.2, -0.15) is 0 Å². The van der Waals surface area contributed by atoms with Crippen molar-refractivity contribution in [1.29, 1.82) is 0 Å². The van der Waals surface area contributed by atoms with Gasteiger partial charge in [0.25, 0.3) is 0 Å². The maximum absolute atomic E-state index is 5.35. The van der Waals surface area contributed by atoms with Crippen LogP contribution in [0.1, 0.15) is 5.56 Å². The molecule has 20 heavy (non-hydrogen) atoms. The van der Waals surface area contributed by atoms with E-state index in [9.17, 15) is 0 Å². The molecule has 0 saturated carbocycles. The zero-order chi connectivity index (χ0) is 13.8. The minimum atomic E-state index is 0.787. The number of pyridine rings is 1. The Labute approximate surface area is 119 Å². The Kier molecular flexibility index (Phi) is 3.87. The first kappa shape index (κ1) is 13.0. The van der Waals surface area contributed by atoms with E-state index in [-0.39, 0.29) is 0 Å². The second-order valence-electron chi connectivity index (χ2n) is 5.04. The molecule has 2 aromatic heterocycles. The molecule has 0 aromatic carbocycles. The molecule has 1 aliphatic heterocycles. The molecule has 0 amide bonds. The average molecular weight is 272 g/mol. The molecular formula is C15H20N4O. The average Bonchev–Trinajstić information content (AvgIpc) is 2.92. The smallest absolute Gasteiger partial charge is 0.128 e. The number of hydrogen-bond acceptors (Lipinski definition) is 4. The van der Waals surface area contributed by atoms with E-state index in [2.05, 4.69) is 50.4 Å². The van der Waals surface area contributed by atoms with Crippen LogP contribution in [0.3, 0.4) is 0 Å². The summed E-state index contributed by atoms with van der Waals surface area (Å²) >= 11 is 0. The highest BCUT2D eigenvalue weighted by Crippen LogP contribution is 2.16. The van der Waals surface area contributed by atoms with Crippen LogP contribution in [0.15, 0.2) is 36.8 Å². The van der Waals surface area contributed by atoms with Crippen LogP contribution in [0, 0.1) is 0 Å². The number of anilines is 2. The Morgan fingerprint density at radius 2 is 2.10 bits per heavy atom. The third-order valence-corrected chi connectivity index (χ3v) is 3.47. The Morgan fingerprint density at radius 1 is 1.25 bits per heavy atom. The van der Waals surface area contributed by atoms with E-state index < -0.39 is 0 Å². The van der Waals surface area contributed by atoms with Gasteiger partial charge in [-0.1, -0.05) is 0 Å². The number of hydrogen-bond donors (Lipinski definition) is 1. The van der Waals surface area contributed by atoms with E-state index in [0.717, 1.165) is 44.4 Å². The quantitative estimate of drug-likeness (QED) is 0.922. The maximum atomic E-state index is 5.35. The topological polar surface area (TPSA) is 42.3 Å². The normalized spacial score (nSPS) is 15.3. The predicted octanol–water partition coefficient (Wildman–Crippen LogP) is 1.87. The van der Waals surface area contributed by atoms with Gasteiger partial charge in [0, 0.05) is 39.1 Å². The summed E-state index contributed by atoms with van der Waals surface area (Å²) in [5.74, 6) is 1.03. The summed E-state index contributed by atoms with van der Waals surface area (Å²) in [6.45, 7) is 4.23. The number of aryl methyl sites for hydroxylation is 1. The summed E-state index contributed by atoms with van der Waals surface area (Å²) in [6, 6.07) is 6.27. The molecule has 1 N–H and O–H groups in total. The summed E-state index contributed by atoms with van der Waals surface area (Å²) < 4.78 is 7.40. The van der Waals surface area contributed by atoms with Crippen LogP contribution in [-0.2, 0) is 18.3 Å². The van der Waals surface area contributed by atoms with Crippen LogP contribution in [0.4, 0.5) is 11.5 Å². The fraction of sp³-hybridized carbons (Fsp3) is 0.400. The van der Waals surface area contributed by atoms with Crippen molar-refractivity contribution >= 4 is 11.5 Å². The molecule has 0 bridgehead atoms. The van der Waals surface area contributed by atoms with Crippen LogP contribution in [0.25, 0.3) is 0 Å². The van der Waals surface area contributed by atoms with E-state index in [0.29, 0.717) is 0 Å². The second kappa shape index (κ2) is 5.96. The zero-order valence-corrected chi connectivity index (χ0v) is 11.7. The van der Waals surface area contributed by atoms with E-state index in [1.54, 1.807) is 0 Å². The first-order chi connectivity index (χ1) is 9.81. The summed E-state index contributed by atoms with van der Waals surface area (Å²) in [4.78, 5) is 6.78. The molecule has 0 spiro atoms. The molecule has 106 valence electrons. The number of aromatic nitrogens is 2. The van der Waals surface area contributed by atoms with Crippen molar-refractivity contribution in [2.24, 2.45) is 7.05 Å². The van der Waals surface area contributed by atoms with Gasteiger partial charge >= 0.3 is 0 Å². The first-order valence-corrected chi connectivity index (χ1v) is 6.95. The van der Waals surface area contributed by atoms with E-state index >= 15 is 0 Å². The highest BCUT2D eigenvalue weighted by atomic mass is 16.5. The molecule has 1 fully saturated rings. The van der Waals surface area contributed by atoms with Crippen LogP contribution in [0.5, 0.6) is 0 Å². The lowest BCUT2D eigenvalue weighted by Gasteiger charge is -2.27. The molecule has 5 nitrogen and oxygen atoms in total. The van der Waals surface area contributed by atoms with Crippen LogP contribution in [-0.4, -0.2) is 35.9 Å². The van der Waals surface area contributed by atoms with Gasteiger partial charge in [-0.15, -0.1) is 0 Å². The van der Waals surface area contributed by atoms with Crippen molar-refractivity contribution in [3.8, 4) is 0 Å². The SMILES string of the molecule is Cn1ccc(CNc2ccc(N3CCOCC3)nc2)c1. The monoisotopic (exact) mass is 272 g/mol. The van der Waals surface area contributed by atoms with Gasteiger partial charge in [0.05, 0.1) is 25.1 Å². The molecule has 0 unspecified atom stereocenters. The van der Waals surface area contributed by atoms with Gasteiger partial charge in [-0.25, -0.2) is 4.98 Å². The number of nitrogens with zero attached hydrogens (tertiary/aromatic N) is 3. The second-order valence-corrected chi connectivity index (χ2v) is 5.04. The Balaban J connectivity index is 1.58. The highest BCUT2D eigenvalue weighted by Gasteiger charge is 2.11. The minimum absolute atomic E-state index is 0.787. The molecule has 0 atom stereocenters. The van der Waals surface area contributed by atoms with Gasteiger partial charge in [0.1, 0.15) is 5.82 Å². The first-order valence-electron chi connectivity index (χ1n) is 6.95. The highest BCUT2D eigenvalue weighted by molar-refractivity contribution is 5.49. The number of nitrogens with one attached hydrogen (secondary N) is 1. The fourth-order valence-electron chi connectivity index (χ4n) is 2.34. The largest absolute Gasteiger partial charge is 0.380 e. The molecule has 5 heteroatoms. The molecule has 2 aromatic rings. The van der Waals surface area contributed by atoms with Gasteiger partial charge in [0.2, 0.25) is 0 Å². The van der Waals surface area contributed by atoms with Crippen molar-refractivity contribution in [2.75, 3.05) is 36.5 Å². The van der Waals surface area contributed by atoms with E-state index in [1.807, 2.05) is 13.2 Å². The lowest BCUT2D eigenvalue weighted by molar-refractivity contribution is 0.122. The standard InChI is InChI=1S/C15H20N4O/c1-18-5-4-13(12-18)10-16-14-2-3-15(17-11-14)19-6-8-20-9-7-19/h2-5,11-12,16H,6-10H2,1H3. The van der Waals surface area contributed by atoms with Crippen molar-refractivity contribution in [1.82, 2.24) is 9.55 Å². The fourth-order valence-corrected chi connectivity index (χ4v) is 2.34. The third kappa shape index (κ3) is 3.11. The number of ether oxygens (including phenoxy) is 1. The zero-order valence-electron chi connectivity index (χ0n) is 11.7. The van der Waals surface area contributed by atoms with Crippen LogP contribution < -0.4 is 10.2 Å². The molecule has 1 aliphatic rings. The van der Waals surface area contributed by atoms with Gasteiger partial charge in [0.15, 0.2) is 0 Å². The minimum Gasteiger partial charge on any atom is -0.380 e. The van der Waals surface area contributed by atoms with Crippen molar-refractivity contribution in [3.63, 3.8) is 0 Å². The summed E-state index contributed by atoms with van der Waals surface area (Å²) in [7, 11) is 2.03. The van der Waals surface area contributed by atoms with Gasteiger partial charge < -0.3 is 19.5 Å².